The van der Waals surface area contributed by atoms with Crippen molar-refractivity contribution in [3.63, 3.8) is 0 Å². The number of imidazole rings is 1. The van der Waals surface area contributed by atoms with Crippen molar-refractivity contribution >= 4 is 22.6 Å². The average molecular weight is 347 g/mol. The van der Waals surface area contributed by atoms with E-state index in [1.54, 1.807) is 25.3 Å². The number of rotatable bonds is 3. The molecule has 1 amide bonds. The highest BCUT2D eigenvalue weighted by molar-refractivity contribution is 5.93. The number of pyridine rings is 1. The minimum Gasteiger partial charge on any atom is -0.481 e. The van der Waals surface area contributed by atoms with Crippen LogP contribution in [0.15, 0.2) is 36.4 Å². The molecule has 3 heterocycles. The number of benzene rings is 1. The molecule has 0 atom stereocenters. The Hall–Kier alpha value is -3.48. The van der Waals surface area contributed by atoms with Crippen molar-refractivity contribution in [3.05, 3.63) is 53.3 Å². The highest BCUT2D eigenvalue weighted by Gasteiger charge is 2.17. The number of hydrogen-bond acceptors (Lipinski definition) is 5. The summed E-state index contributed by atoms with van der Waals surface area (Å²) in [5.74, 6) is 0.771. The maximum absolute atomic E-state index is 11.3. The molecule has 3 aromatic heterocycles. The zero-order chi connectivity index (χ0) is 18.4. The molecule has 4 aromatic rings. The van der Waals surface area contributed by atoms with E-state index in [0.717, 1.165) is 33.8 Å². The summed E-state index contributed by atoms with van der Waals surface area (Å²) in [6, 6.07) is 10.7. The first kappa shape index (κ1) is 16.0. The summed E-state index contributed by atoms with van der Waals surface area (Å²) in [6.07, 6.45) is 0. The normalized spacial score (nSPS) is 11.2. The molecule has 0 aliphatic heterocycles. The van der Waals surface area contributed by atoms with Crippen LogP contribution >= 0.6 is 0 Å². The second-order valence-corrected chi connectivity index (χ2v) is 6.04. The van der Waals surface area contributed by atoms with Gasteiger partial charge < -0.3 is 10.5 Å². The van der Waals surface area contributed by atoms with Crippen molar-refractivity contribution in [1.29, 1.82) is 0 Å². The molecule has 1 aromatic carbocycles. The predicted molar refractivity (Wildman–Crippen MR) is 98.3 cm³/mol. The van der Waals surface area contributed by atoms with Crippen LogP contribution in [-0.4, -0.2) is 32.4 Å². The summed E-state index contributed by atoms with van der Waals surface area (Å²) in [5.41, 5.74) is 10.7. The molecule has 0 aliphatic rings. The molecule has 0 radical (unpaired) electrons. The lowest BCUT2D eigenvalue weighted by Gasteiger charge is -2.09. The van der Waals surface area contributed by atoms with Crippen LogP contribution in [0.1, 0.15) is 21.7 Å². The van der Waals surface area contributed by atoms with Gasteiger partial charge in [0, 0.05) is 17.2 Å². The van der Waals surface area contributed by atoms with E-state index >= 15 is 0 Å². The molecular formula is C19H17N5O2. The van der Waals surface area contributed by atoms with Crippen molar-refractivity contribution in [3.8, 4) is 17.3 Å². The number of aromatic nitrogens is 4. The maximum atomic E-state index is 11.3. The fraction of sp³-hybridized carbons (Fsp3) is 0.158. The number of amides is 1. The van der Waals surface area contributed by atoms with Crippen LogP contribution in [0.3, 0.4) is 0 Å². The monoisotopic (exact) mass is 347 g/mol. The smallest absolute Gasteiger partial charge is 0.248 e. The lowest BCUT2D eigenvalue weighted by Crippen LogP contribution is -2.10. The highest BCUT2D eigenvalue weighted by Crippen LogP contribution is 2.28. The van der Waals surface area contributed by atoms with Crippen molar-refractivity contribution < 1.29 is 9.53 Å². The van der Waals surface area contributed by atoms with E-state index in [1.807, 2.05) is 36.4 Å². The topological polar surface area (TPSA) is 95.4 Å². The summed E-state index contributed by atoms with van der Waals surface area (Å²) in [7, 11) is 1.58. The Balaban J connectivity index is 2.07. The Morgan fingerprint density at radius 3 is 2.35 bits per heavy atom. The Labute approximate surface area is 149 Å². The molecule has 0 fully saturated rings. The Morgan fingerprint density at radius 2 is 1.69 bits per heavy atom. The first-order chi connectivity index (χ1) is 12.5. The number of hydrogen-bond donors (Lipinski definition) is 1. The first-order valence-electron chi connectivity index (χ1n) is 8.10. The van der Waals surface area contributed by atoms with E-state index in [9.17, 15) is 4.79 Å². The molecule has 7 nitrogen and oxygen atoms in total. The Kier molecular flexibility index (Phi) is 3.57. The molecule has 2 N–H and O–H groups in total. The fourth-order valence-electron chi connectivity index (χ4n) is 3.16. The van der Waals surface area contributed by atoms with E-state index < -0.39 is 5.91 Å². The third-order valence-electron chi connectivity index (χ3n) is 4.36. The molecule has 7 heteroatoms. The van der Waals surface area contributed by atoms with Crippen LogP contribution in [0.4, 0.5) is 0 Å². The zero-order valence-electron chi connectivity index (χ0n) is 14.6. The van der Waals surface area contributed by atoms with Gasteiger partial charge in [-0.15, -0.1) is 0 Å². The average Bonchev–Trinajstić information content (AvgIpc) is 3.00. The first-order valence-corrected chi connectivity index (χ1v) is 8.10. The second-order valence-electron chi connectivity index (χ2n) is 6.04. The molecular weight excluding hydrogens is 330 g/mol. The van der Waals surface area contributed by atoms with Gasteiger partial charge in [-0.3, -0.25) is 9.20 Å². The van der Waals surface area contributed by atoms with Crippen molar-refractivity contribution in [1.82, 2.24) is 19.4 Å². The predicted octanol–water partition coefficient (Wildman–Crippen LogP) is 2.67. The fourth-order valence-corrected chi connectivity index (χ4v) is 3.16. The molecule has 0 unspecified atom stereocenters. The van der Waals surface area contributed by atoms with Gasteiger partial charge in [0.25, 0.3) is 0 Å². The summed E-state index contributed by atoms with van der Waals surface area (Å²) >= 11 is 0. The maximum Gasteiger partial charge on any atom is 0.248 e. The van der Waals surface area contributed by atoms with Gasteiger partial charge in [0.15, 0.2) is 5.65 Å². The minimum absolute atomic E-state index is 0.453. The standard InChI is InChI=1S/C19H17N5O2/c1-10-16-11(2)22-18(13-6-4-12(5-7-13)17(20)25)24(16)19-14(21-10)8-9-15(23-19)26-3/h4-9H,1-3H3,(H2,20,25). The van der Waals surface area contributed by atoms with Crippen LogP contribution in [-0.2, 0) is 0 Å². The van der Waals surface area contributed by atoms with E-state index in [4.69, 9.17) is 15.5 Å². The number of ether oxygens (including phenoxy) is 1. The summed E-state index contributed by atoms with van der Waals surface area (Å²) < 4.78 is 7.25. The Bertz CT molecular complexity index is 1160. The van der Waals surface area contributed by atoms with Crippen molar-refractivity contribution in [2.24, 2.45) is 5.73 Å². The molecule has 0 saturated carbocycles. The molecule has 0 saturated heterocycles. The van der Waals surface area contributed by atoms with Gasteiger partial charge in [-0.05, 0) is 32.0 Å². The number of nitrogens with two attached hydrogens (primary N) is 1. The molecule has 4 rings (SSSR count). The molecule has 0 bridgehead atoms. The Morgan fingerprint density at radius 1 is 1.00 bits per heavy atom. The lowest BCUT2D eigenvalue weighted by atomic mass is 10.1. The lowest BCUT2D eigenvalue weighted by molar-refractivity contribution is 0.100. The summed E-state index contributed by atoms with van der Waals surface area (Å²) in [4.78, 5) is 25.3. The van der Waals surface area contributed by atoms with Crippen LogP contribution < -0.4 is 10.5 Å². The summed E-state index contributed by atoms with van der Waals surface area (Å²) in [5, 5.41) is 0. The number of carbonyl (C=O) groups excluding carboxylic acids is 1. The quantitative estimate of drug-likeness (QED) is 0.615. The second kappa shape index (κ2) is 5.80. The van der Waals surface area contributed by atoms with E-state index in [0.29, 0.717) is 17.1 Å². The zero-order valence-corrected chi connectivity index (χ0v) is 14.6. The van der Waals surface area contributed by atoms with Gasteiger partial charge in [0.05, 0.1) is 24.0 Å². The highest BCUT2D eigenvalue weighted by atomic mass is 16.5. The SMILES string of the molecule is COc1ccc2nc(C)c3c(C)nc(-c4ccc(C(N)=O)cc4)n3c2n1. The van der Waals surface area contributed by atoms with E-state index in [1.165, 1.54) is 0 Å². The number of fused-ring (bicyclic) bond motifs is 3. The molecule has 0 aliphatic carbocycles. The minimum atomic E-state index is -0.461. The number of nitrogens with zero attached hydrogens (tertiary/aromatic N) is 4. The van der Waals surface area contributed by atoms with Crippen molar-refractivity contribution in [2.45, 2.75) is 13.8 Å². The number of aryl methyl sites for hydroxylation is 2. The van der Waals surface area contributed by atoms with Crippen LogP contribution in [0, 0.1) is 13.8 Å². The van der Waals surface area contributed by atoms with Gasteiger partial charge >= 0.3 is 0 Å². The summed E-state index contributed by atoms with van der Waals surface area (Å²) in [6.45, 7) is 3.89. The van der Waals surface area contributed by atoms with Gasteiger partial charge in [-0.1, -0.05) is 12.1 Å². The van der Waals surface area contributed by atoms with Crippen LogP contribution in [0.2, 0.25) is 0 Å². The third kappa shape index (κ3) is 2.36. The number of methoxy groups -OCH3 is 1. The van der Waals surface area contributed by atoms with E-state index in [-0.39, 0.29) is 0 Å². The third-order valence-corrected chi connectivity index (χ3v) is 4.36. The number of primary amides is 1. The number of carbonyl (C=O) groups is 1. The van der Waals surface area contributed by atoms with Crippen molar-refractivity contribution in [2.75, 3.05) is 7.11 Å². The van der Waals surface area contributed by atoms with Gasteiger partial charge in [-0.25, -0.2) is 9.97 Å². The van der Waals surface area contributed by atoms with Crippen LogP contribution in [0.25, 0.3) is 28.1 Å². The van der Waals surface area contributed by atoms with Gasteiger partial charge in [0.2, 0.25) is 11.8 Å². The van der Waals surface area contributed by atoms with Crippen LogP contribution in [0.5, 0.6) is 5.88 Å². The molecule has 26 heavy (non-hydrogen) atoms. The van der Waals surface area contributed by atoms with Gasteiger partial charge in [0.1, 0.15) is 11.3 Å². The largest absolute Gasteiger partial charge is 0.481 e. The molecule has 130 valence electrons. The molecule has 0 spiro atoms. The van der Waals surface area contributed by atoms with E-state index in [2.05, 4.69) is 9.97 Å². The van der Waals surface area contributed by atoms with Gasteiger partial charge in [-0.2, -0.15) is 4.98 Å².